The maximum atomic E-state index is 13.0. The van der Waals surface area contributed by atoms with Crippen molar-refractivity contribution in [2.24, 2.45) is 0 Å². The first-order valence-electron chi connectivity index (χ1n) is 9.52. The summed E-state index contributed by atoms with van der Waals surface area (Å²) in [4.78, 5) is 33.8. The van der Waals surface area contributed by atoms with E-state index in [9.17, 15) is 9.59 Å². The van der Waals surface area contributed by atoms with Gasteiger partial charge in [0.2, 0.25) is 0 Å². The average molecular weight is 405 g/mol. The second-order valence-electron chi connectivity index (χ2n) is 7.09. The minimum absolute atomic E-state index is 0.142. The van der Waals surface area contributed by atoms with E-state index in [0.717, 1.165) is 30.2 Å². The van der Waals surface area contributed by atoms with Crippen LogP contribution in [0.4, 0.5) is 0 Å². The number of amides is 1. The molecule has 0 saturated carbocycles. The van der Waals surface area contributed by atoms with Gasteiger partial charge in [-0.3, -0.25) is 14.5 Å². The Hall–Kier alpha value is -3.10. The molecule has 146 valence electrons. The lowest BCUT2D eigenvalue weighted by Gasteiger charge is -2.34. The van der Waals surface area contributed by atoms with Gasteiger partial charge in [-0.1, -0.05) is 30.3 Å². The lowest BCUT2D eigenvalue weighted by Crippen LogP contribution is -2.48. The number of nitrogens with one attached hydrogen (secondary N) is 1. The normalized spacial score (nSPS) is 15.2. The monoisotopic (exact) mass is 405 g/mol. The summed E-state index contributed by atoms with van der Waals surface area (Å²) in [6.07, 6.45) is 0. The van der Waals surface area contributed by atoms with Crippen molar-refractivity contribution in [1.29, 1.82) is 0 Å². The van der Waals surface area contributed by atoms with Crippen molar-refractivity contribution in [2.75, 3.05) is 26.2 Å². The number of benzene rings is 2. The van der Waals surface area contributed by atoms with Crippen LogP contribution in [0.1, 0.15) is 15.5 Å². The maximum Gasteiger partial charge on any atom is 0.275 e. The first-order chi connectivity index (χ1) is 14.2. The fourth-order valence-electron chi connectivity index (χ4n) is 3.72. The Balaban J connectivity index is 1.29. The number of thiazole rings is 1. The van der Waals surface area contributed by atoms with Crippen molar-refractivity contribution < 1.29 is 4.79 Å². The number of hydrogen-bond donors (Lipinski definition) is 1. The lowest BCUT2D eigenvalue weighted by molar-refractivity contribution is 0.0623. The molecular formula is C21H19N5O2S. The van der Waals surface area contributed by atoms with Gasteiger partial charge >= 0.3 is 0 Å². The van der Waals surface area contributed by atoms with Crippen LogP contribution < -0.4 is 5.56 Å². The molecule has 0 aliphatic carbocycles. The van der Waals surface area contributed by atoms with Gasteiger partial charge in [0.1, 0.15) is 5.01 Å². The quantitative estimate of drug-likeness (QED) is 0.566. The molecule has 7 nitrogen and oxygen atoms in total. The Morgan fingerprint density at radius 3 is 2.52 bits per heavy atom. The van der Waals surface area contributed by atoms with E-state index >= 15 is 0 Å². The molecule has 1 amide bonds. The number of piperazine rings is 1. The Morgan fingerprint density at radius 1 is 1.00 bits per heavy atom. The van der Waals surface area contributed by atoms with Crippen molar-refractivity contribution in [3.63, 3.8) is 0 Å². The van der Waals surface area contributed by atoms with E-state index in [-0.39, 0.29) is 11.5 Å². The Kier molecular flexibility index (Phi) is 4.57. The van der Waals surface area contributed by atoms with Gasteiger partial charge in [0.15, 0.2) is 5.69 Å². The second kappa shape index (κ2) is 7.38. The summed E-state index contributed by atoms with van der Waals surface area (Å²) in [6, 6.07) is 15.2. The van der Waals surface area contributed by atoms with E-state index in [1.165, 1.54) is 4.70 Å². The third-order valence-electron chi connectivity index (χ3n) is 5.26. The molecular weight excluding hydrogens is 386 g/mol. The maximum absolute atomic E-state index is 13.0. The highest BCUT2D eigenvalue weighted by molar-refractivity contribution is 7.18. The summed E-state index contributed by atoms with van der Waals surface area (Å²) in [6.45, 7) is 3.60. The van der Waals surface area contributed by atoms with Crippen LogP contribution in [0.3, 0.4) is 0 Å². The number of carbonyl (C=O) groups excluding carboxylic acids is 1. The van der Waals surface area contributed by atoms with E-state index in [1.807, 2.05) is 29.2 Å². The van der Waals surface area contributed by atoms with Gasteiger partial charge in [-0.05, 0) is 18.2 Å². The van der Waals surface area contributed by atoms with Crippen LogP contribution >= 0.6 is 11.3 Å². The molecule has 3 heterocycles. The summed E-state index contributed by atoms with van der Waals surface area (Å²) < 4.78 is 1.20. The van der Waals surface area contributed by atoms with Gasteiger partial charge in [-0.2, -0.15) is 5.10 Å². The molecule has 1 saturated heterocycles. The van der Waals surface area contributed by atoms with Gasteiger partial charge in [-0.15, -0.1) is 11.3 Å². The van der Waals surface area contributed by atoms with E-state index in [0.29, 0.717) is 29.6 Å². The zero-order chi connectivity index (χ0) is 19.8. The molecule has 0 radical (unpaired) electrons. The highest BCUT2D eigenvalue weighted by atomic mass is 32.1. The molecule has 2 aromatic heterocycles. The highest BCUT2D eigenvalue weighted by Gasteiger charge is 2.25. The fraction of sp³-hybridized carbons (Fsp3) is 0.238. The van der Waals surface area contributed by atoms with Gasteiger partial charge in [0, 0.05) is 31.6 Å². The smallest absolute Gasteiger partial charge is 0.275 e. The van der Waals surface area contributed by atoms with E-state index < -0.39 is 0 Å². The summed E-state index contributed by atoms with van der Waals surface area (Å²) in [5.41, 5.74) is 1.06. The van der Waals surface area contributed by atoms with Crippen LogP contribution in [0.15, 0.2) is 53.3 Å². The molecule has 29 heavy (non-hydrogen) atoms. The number of rotatable bonds is 3. The molecule has 1 aliphatic heterocycles. The van der Waals surface area contributed by atoms with Gasteiger partial charge < -0.3 is 4.90 Å². The summed E-state index contributed by atoms with van der Waals surface area (Å²) in [5, 5.41) is 8.67. The van der Waals surface area contributed by atoms with E-state index in [2.05, 4.69) is 21.2 Å². The summed E-state index contributed by atoms with van der Waals surface area (Å²) >= 11 is 1.72. The Labute approximate surface area is 170 Å². The first kappa shape index (κ1) is 18.0. The van der Waals surface area contributed by atoms with Crippen molar-refractivity contribution in [2.45, 2.75) is 6.54 Å². The molecule has 0 unspecified atom stereocenters. The summed E-state index contributed by atoms with van der Waals surface area (Å²) in [7, 11) is 0. The highest BCUT2D eigenvalue weighted by Crippen LogP contribution is 2.23. The molecule has 2 aromatic carbocycles. The van der Waals surface area contributed by atoms with Crippen LogP contribution in [0.25, 0.3) is 21.0 Å². The fourth-order valence-corrected chi connectivity index (χ4v) is 4.73. The van der Waals surface area contributed by atoms with Crippen LogP contribution in [0, 0.1) is 0 Å². The number of para-hydroxylation sites is 1. The summed E-state index contributed by atoms with van der Waals surface area (Å²) in [5.74, 6) is -0.142. The third-order valence-corrected chi connectivity index (χ3v) is 6.28. The zero-order valence-corrected chi connectivity index (χ0v) is 16.5. The van der Waals surface area contributed by atoms with Gasteiger partial charge in [0.05, 0.1) is 22.1 Å². The lowest BCUT2D eigenvalue weighted by atomic mass is 10.1. The minimum atomic E-state index is -0.280. The van der Waals surface area contributed by atoms with Crippen LogP contribution in [0.2, 0.25) is 0 Å². The SMILES string of the molecule is O=C(c1n[nH]c(=O)c2ccccc12)N1CCN(Cc2nc3ccccc3s2)CC1. The largest absolute Gasteiger partial charge is 0.335 e. The number of aromatic nitrogens is 3. The third kappa shape index (κ3) is 3.41. The molecule has 5 rings (SSSR count). The van der Waals surface area contributed by atoms with Crippen molar-refractivity contribution in [3.8, 4) is 0 Å². The van der Waals surface area contributed by atoms with Gasteiger partial charge in [0.25, 0.3) is 11.5 Å². The molecule has 1 aliphatic rings. The standard InChI is InChI=1S/C21H19N5O2S/c27-20-15-6-2-1-5-14(15)19(23-24-20)21(28)26-11-9-25(10-12-26)13-18-22-16-7-3-4-8-17(16)29-18/h1-8H,9-13H2,(H,24,27). The zero-order valence-electron chi connectivity index (χ0n) is 15.7. The van der Waals surface area contributed by atoms with E-state index in [1.54, 1.807) is 29.5 Å². The Bertz CT molecular complexity index is 1220. The van der Waals surface area contributed by atoms with Crippen molar-refractivity contribution >= 4 is 38.2 Å². The predicted octanol–water partition coefficient (Wildman–Crippen LogP) is 2.49. The molecule has 8 heteroatoms. The van der Waals surface area contributed by atoms with E-state index in [4.69, 9.17) is 4.98 Å². The molecule has 0 bridgehead atoms. The van der Waals surface area contributed by atoms with Crippen molar-refractivity contribution in [1.82, 2.24) is 25.0 Å². The van der Waals surface area contributed by atoms with Crippen LogP contribution in [0.5, 0.6) is 0 Å². The predicted molar refractivity (Wildman–Crippen MR) is 113 cm³/mol. The number of H-pyrrole nitrogens is 1. The average Bonchev–Trinajstić information content (AvgIpc) is 3.17. The number of hydrogen-bond acceptors (Lipinski definition) is 6. The molecule has 0 spiro atoms. The number of fused-ring (bicyclic) bond motifs is 2. The second-order valence-corrected chi connectivity index (χ2v) is 8.21. The van der Waals surface area contributed by atoms with Gasteiger partial charge in [-0.25, -0.2) is 10.1 Å². The molecule has 1 N–H and O–H groups in total. The number of aromatic amines is 1. The first-order valence-corrected chi connectivity index (χ1v) is 10.3. The molecule has 0 atom stereocenters. The topological polar surface area (TPSA) is 82.2 Å². The minimum Gasteiger partial charge on any atom is -0.335 e. The molecule has 1 fully saturated rings. The number of carbonyl (C=O) groups is 1. The Morgan fingerprint density at radius 2 is 1.72 bits per heavy atom. The number of nitrogens with zero attached hydrogens (tertiary/aromatic N) is 4. The van der Waals surface area contributed by atoms with Crippen LogP contribution in [-0.4, -0.2) is 57.1 Å². The molecule has 4 aromatic rings. The van der Waals surface area contributed by atoms with Crippen LogP contribution in [-0.2, 0) is 6.54 Å². The van der Waals surface area contributed by atoms with Crippen molar-refractivity contribution in [3.05, 3.63) is 69.6 Å².